The maximum Gasteiger partial charge on any atom is 0.273 e. The molecule has 0 atom stereocenters. The fourth-order valence-corrected chi connectivity index (χ4v) is 2.16. The molecule has 0 unspecified atom stereocenters. The van der Waals surface area contributed by atoms with Crippen LogP contribution >= 0.6 is 11.3 Å². The van der Waals surface area contributed by atoms with Crippen LogP contribution in [0.25, 0.3) is 0 Å². The highest BCUT2D eigenvalue weighted by molar-refractivity contribution is 7.13. The van der Waals surface area contributed by atoms with E-state index in [2.05, 4.69) is 11.9 Å². The lowest BCUT2D eigenvalue weighted by atomic mass is 9.90. The summed E-state index contributed by atoms with van der Waals surface area (Å²) in [4.78, 5) is 5.55. The minimum Gasteiger partial charge on any atom is -0.467 e. The van der Waals surface area contributed by atoms with E-state index in [1.165, 1.54) is 4.88 Å². The van der Waals surface area contributed by atoms with Crippen molar-refractivity contribution in [1.29, 1.82) is 0 Å². The summed E-state index contributed by atoms with van der Waals surface area (Å²) in [7, 11) is 0. The first-order chi connectivity index (χ1) is 6.15. The average Bonchev–Trinajstić information content (AvgIpc) is 2.28. The Hall–Kier alpha value is -0.610. The molecule has 1 fully saturated rings. The van der Waals surface area contributed by atoms with Crippen molar-refractivity contribution in [3.8, 4) is 5.19 Å². The zero-order valence-electron chi connectivity index (χ0n) is 7.91. The van der Waals surface area contributed by atoms with Gasteiger partial charge in [0.15, 0.2) is 0 Å². The molecule has 0 radical (unpaired) electrons. The van der Waals surface area contributed by atoms with E-state index >= 15 is 0 Å². The fraction of sp³-hybridized carbons (Fsp3) is 0.667. The highest BCUT2D eigenvalue weighted by atomic mass is 32.1. The summed E-state index contributed by atoms with van der Waals surface area (Å²) in [6, 6.07) is 0.340. The van der Waals surface area contributed by atoms with Crippen LogP contribution in [0.4, 0.5) is 0 Å². The highest BCUT2D eigenvalue weighted by Gasteiger charge is 2.28. The Kier molecular flexibility index (Phi) is 2.26. The van der Waals surface area contributed by atoms with Gasteiger partial charge in [-0.2, -0.15) is 0 Å². The van der Waals surface area contributed by atoms with Gasteiger partial charge in [-0.1, -0.05) is 11.3 Å². The number of ether oxygens (including phenoxy) is 1. The molecule has 4 heteroatoms. The van der Waals surface area contributed by atoms with Crippen molar-refractivity contribution in [2.45, 2.75) is 38.8 Å². The van der Waals surface area contributed by atoms with E-state index in [9.17, 15) is 0 Å². The Morgan fingerprint density at radius 3 is 2.62 bits per heavy atom. The van der Waals surface area contributed by atoms with Crippen LogP contribution in [0.5, 0.6) is 5.19 Å². The van der Waals surface area contributed by atoms with Crippen molar-refractivity contribution in [3.05, 3.63) is 10.6 Å². The first-order valence-electron chi connectivity index (χ1n) is 4.51. The molecule has 0 spiro atoms. The van der Waals surface area contributed by atoms with Gasteiger partial charge < -0.3 is 10.5 Å². The molecule has 0 aliphatic heterocycles. The van der Waals surface area contributed by atoms with Crippen LogP contribution < -0.4 is 10.5 Å². The van der Waals surface area contributed by atoms with Crippen molar-refractivity contribution in [2.75, 3.05) is 0 Å². The molecule has 2 N–H and O–H groups in total. The molecule has 1 aliphatic carbocycles. The van der Waals surface area contributed by atoms with E-state index in [0.717, 1.165) is 23.7 Å². The van der Waals surface area contributed by atoms with Crippen LogP contribution in [-0.2, 0) is 0 Å². The summed E-state index contributed by atoms with van der Waals surface area (Å²) >= 11 is 1.62. The molecule has 0 saturated heterocycles. The lowest BCUT2D eigenvalue weighted by molar-refractivity contribution is 0.100. The second kappa shape index (κ2) is 3.27. The molecular formula is C9H14N2OS. The monoisotopic (exact) mass is 198 g/mol. The van der Waals surface area contributed by atoms with Crippen molar-refractivity contribution in [1.82, 2.24) is 4.98 Å². The highest BCUT2D eigenvalue weighted by Crippen LogP contribution is 2.29. The first kappa shape index (κ1) is 8.97. The predicted molar refractivity (Wildman–Crippen MR) is 53.2 cm³/mol. The van der Waals surface area contributed by atoms with E-state index < -0.39 is 0 Å². The van der Waals surface area contributed by atoms with Gasteiger partial charge in [0.05, 0.1) is 5.69 Å². The molecule has 1 aliphatic rings. The topological polar surface area (TPSA) is 48.1 Å². The second-order valence-corrected chi connectivity index (χ2v) is 4.76. The summed E-state index contributed by atoms with van der Waals surface area (Å²) in [5.74, 6) is 0. The molecule has 1 aromatic heterocycles. The molecular weight excluding hydrogens is 184 g/mol. The minimum atomic E-state index is 0.306. The molecule has 0 bridgehead atoms. The van der Waals surface area contributed by atoms with Gasteiger partial charge in [-0.3, -0.25) is 0 Å². The number of nitrogens with two attached hydrogens (primary N) is 1. The average molecular weight is 198 g/mol. The van der Waals surface area contributed by atoms with Crippen LogP contribution in [0.2, 0.25) is 0 Å². The smallest absolute Gasteiger partial charge is 0.273 e. The third-order valence-electron chi connectivity index (χ3n) is 2.41. The quantitative estimate of drug-likeness (QED) is 0.785. The van der Waals surface area contributed by atoms with Crippen LogP contribution in [0.1, 0.15) is 23.4 Å². The van der Waals surface area contributed by atoms with Gasteiger partial charge in [-0.25, -0.2) is 4.98 Å². The first-order valence-corrected chi connectivity index (χ1v) is 5.33. The Labute approximate surface area is 81.9 Å². The molecule has 2 rings (SSSR count). The van der Waals surface area contributed by atoms with E-state index in [-0.39, 0.29) is 0 Å². The van der Waals surface area contributed by atoms with Crippen LogP contribution in [0.3, 0.4) is 0 Å². The van der Waals surface area contributed by atoms with Crippen molar-refractivity contribution in [2.24, 2.45) is 5.73 Å². The number of thiazole rings is 1. The van der Waals surface area contributed by atoms with Crippen molar-refractivity contribution >= 4 is 11.3 Å². The van der Waals surface area contributed by atoms with Gasteiger partial charge in [0, 0.05) is 10.9 Å². The number of hydrogen-bond donors (Lipinski definition) is 1. The van der Waals surface area contributed by atoms with E-state index in [4.69, 9.17) is 10.5 Å². The number of rotatable bonds is 2. The zero-order chi connectivity index (χ0) is 9.42. The molecule has 0 amide bonds. The van der Waals surface area contributed by atoms with E-state index in [1.54, 1.807) is 11.3 Å². The van der Waals surface area contributed by atoms with E-state index in [1.807, 2.05) is 6.92 Å². The Bertz CT molecular complexity index is 285. The summed E-state index contributed by atoms with van der Waals surface area (Å²) in [6.07, 6.45) is 2.25. The Morgan fingerprint density at radius 1 is 1.46 bits per heavy atom. The van der Waals surface area contributed by atoms with Crippen molar-refractivity contribution < 1.29 is 4.74 Å². The Balaban J connectivity index is 1.95. The third kappa shape index (κ3) is 1.84. The normalized spacial score (nSPS) is 27.0. The van der Waals surface area contributed by atoms with Gasteiger partial charge in [-0.05, 0) is 26.7 Å². The maximum atomic E-state index is 5.66. The summed E-state index contributed by atoms with van der Waals surface area (Å²) in [6.45, 7) is 4.07. The molecule has 72 valence electrons. The van der Waals surface area contributed by atoms with Gasteiger partial charge in [-0.15, -0.1) is 0 Å². The summed E-state index contributed by atoms with van der Waals surface area (Å²) in [5.41, 5.74) is 6.73. The molecule has 1 aromatic rings. The second-order valence-electron chi connectivity index (χ2n) is 3.59. The number of aryl methyl sites for hydroxylation is 2. The maximum absolute atomic E-state index is 5.66. The number of nitrogens with zero attached hydrogens (tertiary/aromatic N) is 1. The molecule has 3 nitrogen and oxygen atoms in total. The van der Waals surface area contributed by atoms with E-state index in [0.29, 0.717) is 12.1 Å². The lowest BCUT2D eigenvalue weighted by Gasteiger charge is -2.31. The largest absolute Gasteiger partial charge is 0.467 e. The van der Waals surface area contributed by atoms with Crippen LogP contribution in [-0.4, -0.2) is 17.1 Å². The van der Waals surface area contributed by atoms with Crippen LogP contribution in [0.15, 0.2) is 0 Å². The van der Waals surface area contributed by atoms with Crippen LogP contribution in [0, 0.1) is 13.8 Å². The Morgan fingerprint density at radius 2 is 2.15 bits per heavy atom. The third-order valence-corrected chi connectivity index (χ3v) is 3.37. The summed E-state index contributed by atoms with van der Waals surface area (Å²) < 4.78 is 5.65. The molecule has 0 aromatic carbocycles. The van der Waals surface area contributed by atoms with Gasteiger partial charge in [0.25, 0.3) is 5.19 Å². The molecule has 13 heavy (non-hydrogen) atoms. The standard InChI is InChI=1S/C9H14N2OS/c1-5-6(2)13-9(11-5)12-8-3-7(10)4-8/h7-8H,3-4,10H2,1-2H3. The number of hydrogen-bond acceptors (Lipinski definition) is 4. The minimum absolute atomic E-state index is 0.306. The van der Waals surface area contributed by atoms with Gasteiger partial charge >= 0.3 is 0 Å². The molecule has 1 heterocycles. The van der Waals surface area contributed by atoms with Crippen molar-refractivity contribution in [3.63, 3.8) is 0 Å². The number of aromatic nitrogens is 1. The summed E-state index contributed by atoms with van der Waals surface area (Å²) in [5, 5.41) is 0.798. The fourth-order valence-electron chi connectivity index (χ4n) is 1.34. The predicted octanol–water partition coefficient (Wildman–Crippen LogP) is 1.63. The molecule has 1 saturated carbocycles. The lowest BCUT2D eigenvalue weighted by Crippen LogP contribution is -2.43. The SMILES string of the molecule is Cc1nc(OC2CC(N)C2)sc1C. The van der Waals surface area contributed by atoms with Gasteiger partial charge in [0.2, 0.25) is 0 Å². The van der Waals surface area contributed by atoms with Gasteiger partial charge in [0.1, 0.15) is 6.10 Å². The zero-order valence-corrected chi connectivity index (χ0v) is 8.73.